The van der Waals surface area contributed by atoms with Gasteiger partial charge in [-0.2, -0.15) is 0 Å². The Balaban J connectivity index is 2.00. The smallest absolute Gasteiger partial charge is 0.0184 e. The van der Waals surface area contributed by atoms with Gasteiger partial charge in [-0.15, -0.1) is 0 Å². The van der Waals surface area contributed by atoms with Crippen LogP contribution >= 0.6 is 0 Å². The van der Waals surface area contributed by atoms with Gasteiger partial charge in [0.2, 0.25) is 0 Å². The van der Waals surface area contributed by atoms with E-state index in [1.165, 1.54) is 41.5 Å². The summed E-state index contributed by atoms with van der Waals surface area (Å²) in [6, 6.07) is 17.4. The highest BCUT2D eigenvalue weighted by atomic mass is 14.5. The number of nitrogens with two attached hydrogens (primary N) is 1. The molecule has 3 rings (SSSR count). The third kappa shape index (κ3) is 2.06. The molecule has 2 N–H and O–H groups in total. The van der Waals surface area contributed by atoms with Crippen molar-refractivity contribution in [1.29, 1.82) is 0 Å². The fourth-order valence-electron chi connectivity index (χ4n) is 2.68. The molecule has 0 amide bonds. The van der Waals surface area contributed by atoms with Crippen molar-refractivity contribution in [2.45, 2.75) is 31.7 Å². The second-order valence-corrected chi connectivity index (χ2v) is 5.11. The lowest BCUT2D eigenvalue weighted by Gasteiger charge is -2.26. The monoisotopic (exact) mass is 237 g/mol. The summed E-state index contributed by atoms with van der Waals surface area (Å²) in [5, 5.41) is 0. The van der Waals surface area contributed by atoms with Crippen molar-refractivity contribution in [3.8, 4) is 11.1 Å². The Bertz CT molecular complexity index is 541. The fraction of sp³-hybridized carbons (Fsp3) is 0.294. The maximum absolute atomic E-state index is 5.82. The van der Waals surface area contributed by atoms with Gasteiger partial charge in [0.25, 0.3) is 0 Å². The molecular weight excluding hydrogens is 218 g/mol. The summed E-state index contributed by atoms with van der Waals surface area (Å²) in [7, 11) is 0. The van der Waals surface area contributed by atoms with Gasteiger partial charge in [0.1, 0.15) is 0 Å². The van der Waals surface area contributed by atoms with Crippen LogP contribution in [-0.4, -0.2) is 0 Å². The van der Waals surface area contributed by atoms with Crippen LogP contribution in [0.5, 0.6) is 0 Å². The first-order valence-electron chi connectivity index (χ1n) is 6.77. The summed E-state index contributed by atoms with van der Waals surface area (Å²) in [6.45, 7) is 0.601. The molecule has 0 unspecified atom stereocenters. The molecule has 2 aromatic rings. The van der Waals surface area contributed by atoms with Crippen LogP contribution in [0.1, 0.15) is 36.3 Å². The van der Waals surface area contributed by atoms with E-state index in [9.17, 15) is 0 Å². The molecule has 2 aromatic carbocycles. The topological polar surface area (TPSA) is 26.0 Å². The highest BCUT2D eigenvalue weighted by Crippen LogP contribution is 2.37. The average Bonchev–Trinajstić information content (AvgIpc) is 2.37. The molecule has 0 aromatic heterocycles. The Morgan fingerprint density at radius 1 is 1.00 bits per heavy atom. The van der Waals surface area contributed by atoms with Gasteiger partial charge in [-0.3, -0.25) is 0 Å². The Morgan fingerprint density at radius 2 is 1.83 bits per heavy atom. The Morgan fingerprint density at radius 3 is 2.56 bits per heavy atom. The predicted octanol–water partition coefficient (Wildman–Crippen LogP) is 4.08. The van der Waals surface area contributed by atoms with Gasteiger partial charge < -0.3 is 5.73 Å². The van der Waals surface area contributed by atoms with E-state index >= 15 is 0 Å². The third-order valence-corrected chi connectivity index (χ3v) is 4.01. The maximum Gasteiger partial charge on any atom is 0.0184 e. The molecule has 1 aliphatic rings. The quantitative estimate of drug-likeness (QED) is 0.855. The minimum absolute atomic E-state index is 0.601. The highest BCUT2D eigenvalue weighted by Gasteiger charge is 2.19. The zero-order valence-corrected chi connectivity index (χ0v) is 10.6. The molecular formula is C17H19N. The van der Waals surface area contributed by atoms with Gasteiger partial charge >= 0.3 is 0 Å². The van der Waals surface area contributed by atoms with Crippen LogP contribution in [0.2, 0.25) is 0 Å². The summed E-state index contributed by atoms with van der Waals surface area (Å²) < 4.78 is 0. The third-order valence-electron chi connectivity index (χ3n) is 4.01. The highest BCUT2D eigenvalue weighted by molar-refractivity contribution is 5.68. The average molecular weight is 237 g/mol. The van der Waals surface area contributed by atoms with Gasteiger partial charge in [-0.25, -0.2) is 0 Å². The Labute approximate surface area is 109 Å². The van der Waals surface area contributed by atoms with Crippen molar-refractivity contribution in [2.75, 3.05) is 0 Å². The molecule has 0 atom stereocenters. The number of hydrogen-bond acceptors (Lipinski definition) is 1. The van der Waals surface area contributed by atoms with E-state index in [-0.39, 0.29) is 0 Å². The molecule has 92 valence electrons. The van der Waals surface area contributed by atoms with Crippen molar-refractivity contribution >= 4 is 0 Å². The lowest BCUT2D eigenvalue weighted by molar-refractivity contribution is 0.420. The van der Waals surface area contributed by atoms with Gasteiger partial charge in [-0.05, 0) is 41.0 Å². The molecule has 1 aliphatic carbocycles. The van der Waals surface area contributed by atoms with Crippen molar-refractivity contribution in [3.05, 3.63) is 59.7 Å². The number of hydrogen-bond donors (Lipinski definition) is 1. The van der Waals surface area contributed by atoms with Gasteiger partial charge in [0, 0.05) is 6.54 Å². The van der Waals surface area contributed by atoms with Crippen molar-refractivity contribution < 1.29 is 0 Å². The maximum atomic E-state index is 5.82. The first-order chi connectivity index (χ1) is 8.88. The van der Waals surface area contributed by atoms with E-state index in [0.29, 0.717) is 6.54 Å². The van der Waals surface area contributed by atoms with Crippen LogP contribution in [-0.2, 0) is 6.54 Å². The molecule has 0 heterocycles. The minimum atomic E-state index is 0.601. The molecule has 0 spiro atoms. The van der Waals surface area contributed by atoms with E-state index in [2.05, 4.69) is 48.5 Å². The summed E-state index contributed by atoms with van der Waals surface area (Å²) in [4.78, 5) is 0. The number of benzene rings is 2. The molecule has 0 bridgehead atoms. The van der Waals surface area contributed by atoms with E-state index < -0.39 is 0 Å². The van der Waals surface area contributed by atoms with E-state index in [1.54, 1.807) is 0 Å². The fourth-order valence-corrected chi connectivity index (χ4v) is 2.68. The lowest BCUT2D eigenvalue weighted by atomic mass is 9.79. The molecule has 0 aliphatic heterocycles. The summed E-state index contributed by atoms with van der Waals surface area (Å²) in [5.74, 6) is 0.787. The van der Waals surface area contributed by atoms with Gasteiger partial charge in [0.15, 0.2) is 0 Å². The molecule has 1 saturated carbocycles. The second-order valence-electron chi connectivity index (χ2n) is 5.11. The predicted molar refractivity (Wildman–Crippen MR) is 76.4 cm³/mol. The molecule has 0 saturated heterocycles. The van der Waals surface area contributed by atoms with Crippen LogP contribution in [0.4, 0.5) is 0 Å². The van der Waals surface area contributed by atoms with E-state index in [0.717, 1.165) is 5.92 Å². The molecule has 1 fully saturated rings. The Kier molecular flexibility index (Phi) is 3.16. The summed E-state index contributed by atoms with van der Waals surface area (Å²) >= 11 is 0. The molecule has 1 heteroatoms. The van der Waals surface area contributed by atoms with Crippen molar-refractivity contribution in [1.82, 2.24) is 0 Å². The van der Waals surface area contributed by atoms with E-state index in [4.69, 9.17) is 5.73 Å². The van der Waals surface area contributed by atoms with Gasteiger partial charge in [-0.1, -0.05) is 55.0 Å². The molecule has 18 heavy (non-hydrogen) atoms. The van der Waals surface area contributed by atoms with Crippen LogP contribution in [0.25, 0.3) is 11.1 Å². The van der Waals surface area contributed by atoms with Crippen LogP contribution < -0.4 is 5.73 Å². The standard InChI is InChI=1S/C17H19N/c18-12-16-5-1-2-10-17(16)15-9-4-8-14(11-15)13-6-3-7-13/h1-2,4-5,8-11,13H,3,6-7,12,18H2. The van der Waals surface area contributed by atoms with Crippen molar-refractivity contribution in [3.63, 3.8) is 0 Å². The van der Waals surface area contributed by atoms with E-state index in [1.807, 2.05) is 0 Å². The zero-order chi connectivity index (χ0) is 12.4. The largest absolute Gasteiger partial charge is 0.326 e. The SMILES string of the molecule is NCc1ccccc1-c1cccc(C2CCC2)c1. The molecule has 0 radical (unpaired) electrons. The second kappa shape index (κ2) is 4.95. The lowest BCUT2D eigenvalue weighted by Crippen LogP contribution is -2.08. The van der Waals surface area contributed by atoms with Crippen LogP contribution in [0.3, 0.4) is 0 Å². The Hall–Kier alpha value is -1.60. The zero-order valence-electron chi connectivity index (χ0n) is 10.6. The molecule has 1 nitrogen and oxygen atoms in total. The normalized spacial score (nSPS) is 15.4. The summed E-state index contributed by atoms with van der Waals surface area (Å²) in [5.41, 5.74) is 11.1. The van der Waals surface area contributed by atoms with Gasteiger partial charge in [0.05, 0.1) is 0 Å². The first kappa shape index (κ1) is 11.5. The minimum Gasteiger partial charge on any atom is -0.326 e. The van der Waals surface area contributed by atoms with Crippen LogP contribution in [0.15, 0.2) is 48.5 Å². The summed E-state index contributed by atoms with van der Waals surface area (Å²) in [6.07, 6.45) is 4.08. The first-order valence-corrected chi connectivity index (χ1v) is 6.77. The van der Waals surface area contributed by atoms with Crippen molar-refractivity contribution in [2.24, 2.45) is 5.73 Å². The number of rotatable bonds is 3. The van der Waals surface area contributed by atoms with Crippen LogP contribution in [0, 0.1) is 0 Å².